The Bertz CT molecular complexity index is 896. The van der Waals surface area contributed by atoms with Gasteiger partial charge in [0.1, 0.15) is 24.1 Å². The van der Waals surface area contributed by atoms with Gasteiger partial charge >= 0.3 is 11.7 Å². The van der Waals surface area contributed by atoms with E-state index in [0.29, 0.717) is 0 Å². The van der Waals surface area contributed by atoms with Gasteiger partial charge in [0.15, 0.2) is 6.23 Å². The average molecular weight is 405 g/mol. The third-order valence-electron chi connectivity index (χ3n) is 3.66. The monoisotopic (exact) mass is 405 g/mol. The third kappa shape index (κ3) is 4.90. The second-order valence-electron chi connectivity index (χ2n) is 5.63. The number of carbonyl (C=O) groups excluding carboxylic acids is 1. The van der Waals surface area contributed by atoms with Crippen LogP contribution in [-0.4, -0.2) is 72.4 Å². The predicted molar refractivity (Wildman–Crippen MR) is 90.7 cm³/mol. The number of nitrogen functional groups attached to an aromatic ring is 1. The molecular weight excluding hydrogens is 386 g/mol. The quantitative estimate of drug-likeness (QED) is 0.261. The van der Waals surface area contributed by atoms with Crippen LogP contribution in [0.2, 0.25) is 0 Å². The highest BCUT2D eigenvalue weighted by molar-refractivity contribution is 7.86. The number of anilines is 1. The van der Waals surface area contributed by atoms with Crippen molar-refractivity contribution in [2.45, 2.75) is 24.5 Å². The summed E-state index contributed by atoms with van der Waals surface area (Å²) < 4.78 is 38.1. The molecule has 1 aliphatic rings. The number of ether oxygens (including phenoxy) is 2. The van der Waals surface area contributed by atoms with Crippen molar-refractivity contribution in [3.63, 3.8) is 0 Å². The van der Waals surface area contributed by atoms with Crippen LogP contribution in [0.15, 0.2) is 17.1 Å². The molecule has 4 atom stereocenters. The number of esters is 1. The zero-order valence-electron chi connectivity index (χ0n) is 14.4. The normalized spacial score (nSPS) is 25.8. The molecule has 4 N–H and O–H groups in total. The lowest BCUT2D eigenvalue weighted by Crippen LogP contribution is -2.39. The molecule has 27 heavy (non-hydrogen) atoms. The van der Waals surface area contributed by atoms with Crippen LogP contribution in [0.1, 0.15) is 11.8 Å². The smallest absolute Gasteiger partial charge is 0.351 e. The van der Waals surface area contributed by atoms with Crippen molar-refractivity contribution >= 4 is 28.0 Å². The Hall–Kier alpha value is -2.32. The molecule has 150 valence electrons. The Morgan fingerprint density at radius 2 is 2.19 bits per heavy atom. The molecular formula is C14H19N3O9S. The zero-order valence-corrected chi connectivity index (χ0v) is 15.2. The summed E-state index contributed by atoms with van der Waals surface area (Å²) in [7, 11) is -2.80. The van der Waals surface area contributed by atoms with Crippen LogP contribution < -0.4 is 11.4 Å². The van der Waals surface area contributed by atoms with Crippen LogP contribution >= 0.6 is 0 Å². The van der Waals surface area contributed by atoms with Crippen molar-refractivity contribution in [3.05, 3.63) is 28.3 Å². The SMILES string of the molecule is COC(=O)C=Cc1cn([C@@H]2O[C@H](CO)[C@H](OS(C)(=O)=O)[C@H]2O)c(=O)nc1N. The molecule has 0 unspecified atom stereocenters. The summed E-state index contributed by atoms with van der Waals surface area (Å²) in [6.45, 7) is -0.667. The van der Waals surface area contributed by atoms with Crippen molar-refractivity contribution in [2.24, 2.45) is 0 Å². The first-order chi connectivity index (χ1) is 12.6. The number of nitrogens with two attached hydrogens (primary N) is 1. The van der Waals surface area contributed by atoms with Crippen LogP contribution in [-0.2, 0) is 28.6 Å². The maximum absolute atomic E-state index is 12.1. The Labute approximate surface area is 153 Å². The minimum atomic E-state index is -3.97. The van der Waals surface area contributed by atoms with E-state index in [9.17, 15) is 28.2 Å². The highest BCUT2D eigenvalue weighted by Gasteiger charge is 2.47. The molecule has 1 aliphatic heterocycles. The Morgan fingerprint density at radius 1 is 1.52 bits per heavy atom. The fourth-order valence-electron chi connectivity index (χ4n) is 2.45. The molecule has 0 bridgehead atoms. The fraction of sp³-hybridized carbons (Fsp3) is 0.500. The molecule has 2 rings (SSSR count). The van der Waals surface area contributed by atoms with Crippen LogP contribution in [0, 0.1) is 0 Å². The van der Waals surface area contributed by atoms with Gasteiger partial charge in [-0.15, -0.1) is 0 Å². The maximum Gasteiger partial charge on any atom is 0.351 e. The molecule has 2 heterocycles. The van der Waals surface area contributed by atoms with E-state index in [1.807, 2.05) is 0 Å². The van der Waals surface area contributed by atoms with Gasteiger partial charge in [-0.1, -0.05) is 0 Å². The molecule has 0 saturated carbocycles. The number of aliphatic hydroxyl groups excluding tert-OH is 2. The van der Waals surface area contributed by atoms with E-state index >= 15 is 0 Å². The Balaban J connectivity index is 2.41. The summed E-state index contributed by atoms with van der Waals surface area (Å²) in [6.07, 6.45) is -1.45. The largest absolute Gasteiger partial charge is 0.466 e. The van der Waals surface area contributed by atoms with Gasteiger partial charge in [0.25, 0.3) is 10.1 Å². The number of carbonyl (C=O) groups is 1. The van der Waals surface area contributed by atoms with Gasteiger partial charge < -0.3 is 25.4 Å². The van der Waals surface area contributed by atoms with Crippen LogP contribution in [0.5, 0.6) is 0 Å². The number of rotatable bonds is 6. The molecule has 0 radical (unpaired) electrons. The second kappa shape index (κ2) is 8.14. The summed E-state index contributed by atoms with van der Waals surface area (Å²) in [6, 6.07) is 0. The van der Waals surface area contributed by atoms with Gasteiger partial charge in [0, 0.05) is 17.8 Å². The van der Waals surface area contributed by atoms with Gasteiger partial charge in [0.05, 0.1) is 20.0 Å². The summed E-state index contributed by atoms with van der Waals surface area (Å²) in [5, 5.41) is 19.7. The first kappa shape index (κ1) is 21.0. The lowest BCUT2D eigenvalue weighted by atomic mass is 10.1. The van der Waals surface area contributed by atoms with Gasteiger partial charge in [-0.3, -0.25) is 8.75 Å². The standard InChI is InChI=1S/C14H19N3O9S/c1-24-9(19)4-3-7-5-17(14(21)16-12(7)15)13-10(20)11(8(6-18)25-13)26-27(2,22)23/h3-5,8,10-11,13,18,20H,6H2,1-2H3,(H2,15,16,21)/t8-,10-,11+,13-/m1/s1. The molecule has 1 saturated heterocycles. The van der Waals surface area contributed by atoms with Crippen LogP contribution in [0.25, 0.3) is 6.08 Å². The lowest BCUT2D eigenvalue weighted by molar-refractivity contribution is -0.134. The van der Waals surface area contributed by atoms with Gasteiger partial charge in [0.2, 0.25) is 0 Å². The molecule has 13 heteroatoms. The van der Waals surface area contributed by atoms with Crippen molar-refractivity contribution in [1.82, 2.24) is 9.55 Å². The van der Waals surface area contributed by atoms with E-state index in [0.717, 1.165) is 23.1 Å². The van der Waals surface area contributed by atoms with Crippen molar-refractivity contribution < 1.29 is 37.1 Å². The number of hydrogen-bond donors (Lipinski definition) is 3. The summed E-state index contributed by atoms with van der Waals surface area (Å²) >= 11 is 0. The minimum Gasteiger partial charge on any atom is -0.466 e. The van der Waals surface area contributed by atoms with E-state index < -0.39 is 52.9 Å². The second-order valence-corrected chi connectivity index (χ2v) is 7.23. The van der Waals surface area contributed by atoms with Crippen molar-refractivity contribution in [1.29, 1.82) is 0 Å². The Morgan fingerprint density at radius 3 is 2.74 bits per heavy atom. The highest BCUT2D eigenvalue weighted by atomic mass is 32.2. The number of aliphatic hydroxyl groups is 2. The first-order valence-electron chi connectivity index (χ1n) is 7.54. The van der Waals surface area contributed by atoms with Crippen LogP contribution in [0.3, 0.4) is 0 Å². The fourth-order valence-corrected chi connectivity index (χ4v) is 3.09. The summed E-state index contributed by atoms with van der Waals surface area (Å²) in [5.41, 5.74) is 4.88. The van der Waals surface area contributed by atoms with Crippen molar-refractivity contribution in [2.75, 3.05) is 25.7 Å². The molecule has 0 aliphatic carbocycles. The van der Waals surface area contributed by atoms with Gasteiger partial charge in [-0.05, 0) is 6.08 Å². The summed E-state index contributed by atoms with van der Waals surface area (Å²) in [5.74, 6) is -0.863. The average Bonchev–Trinajstić information content (AvgIpc) is 2.88. The Kier molecular flexibility index (Phi) is 6.33. The molecule has 1 fully saturated rings. The minimum absolute atomic E-state index is 0.142. The predicted octanol–water partition coefficient (Wildman–Crippen LogP) is -2.39. The lowest BCUT2D eigenvalue weighted by Gasteiger charge is -2.19. The molecule has 1 aromatic rings. The van der Waals surface area contributed by atoms with Gasteiger partial charge in [-0.25, -0.2) is 9.59 Å². The number of methoxy groups -OCH3 is 1. The molecule has 12 nitrogen and oxygen atoms in total. The van der Waals surface area contributed by atoms with Crippen LogP contribution in [0.4, 0.5) is 5.82 Å². The molecule has 0 spiro atoms. The topological polar surface area (TPSA) is 180 Å². The third-order valence-corrected chi connectivity index (χ3v) is 4.23. The van der Waals surface area contributed by atoms with Gasteiger partial charge in [-0.2, -0.15) is 13.4 Å². The van der Waals surface area contributed by atoms with Crippen molar-refractivity contribution in [3.8, 4) is 0 Å². The highest BCUT2D eigenvalue weighted by Crippen LogP contribution is 2.31. The molecule has 0 aromatic carbocycles. The van der Waals surface area contributed by atoms with E-state index in [2.05, 4.69) is 9.72 Å². The van der Waals surface area contributed by atoms with E-state index in [-0.39, 0.29) is 11.4 Å². The van der Waals surface area contributed by atoms with E-state index in [1.165, 1.54) is 13.2 Å². The number of aromatic nitrogens is 2. The summed E-state index contributed by atoms with van der Waals surface area (Å²) in [4.78, 5) is 26.9. The number of hydrogen-bond acceptors (Lipinski definition) is 11. The molecule has 1 aromatic heterocycles. The zero-order chi connectivity index (χ0) is 20.4. The number of nitrogens with zero attached hydrogens (tertiary/aromatic N) is 2. The first-order valence-corrected chi connectivity index (χ1v) is 9.36. The molecule has 0 amide bonds. The maximum atomic E-state index is 12.1. The van der Waals surface area contributed by atoms with E-state index in [1.54, 1.807) is 0 Å². The van der Waals surface area contributed by atoms with E-state index in [4.69, 9.17) is 14.7 Å².